The smallest absolute Gasteiger partial charge is 0.550 e. The molecule has 0 radical (unpaired) electrons. The van der Waals surface area contributed by atoms with E-state index in [1.807, 2.05) is 12.2 Å². The molecule has 1 aliphatic carbocycles. The number of rotatable bonds is 12. The maximum atomic E-state index is 11.3. The van der Waals surface area contributed by atoms with Crippen molar-refractivity contribution in [1.82, 2.24) is 0 Å². The van der Waals surface area contributed by atoms with Crippen LogP contribution in [0.25, 0.3) is 0 Å². The Morgan fingerprint density at radius 2 is 1.89 bits per heavy atom. The molecule has 6 nitrogen and oxygen atoms in total. The van der Waals surface area contributed by atoms with Gasteiger partial charge in [0.05, 0.1) is 18.3 Å². The van der Waals surface area contributed by atoms with E-state index in [0.29, 0.717) is 44.9 Å². The number of hydrogen-bond donors (Lipinski definition) is 3. The molecule has 0 aliphatic heterocycles. The Bertz CT molecular complexity index is 505. The molecule has 0 amide bonds. The molecule has 0 heterocycles. The summed E-state index contributed by atoms with van der Waals surface area (Å²) in [6.45, 7) is 1.79. The van der Waals surface area contributed by atoms with Crippen molar-refractivity contribution < 1.29 is 59.6 Å². The molecular weight excluding hydrogens is 359 g/mol. The van der Waals surface area contributed by atoms with Crippen LogP contribution in [-0.4, -0.2) is 45.4 Å². The minimum Gasteiger partial charge on any atom is -0.550 e. The van der Waals surface area contributed by atoms with Crippen molar-refractivity contribution in [2.75, 3.05) is 0 Å². The zero-order valence-corrected chi connectivity index (χ0v) is 18.4. The largest absolute Gasteiger partial charge is 1.00 e. The van der Waals surface area contributed by atoms with Crippen molar-refractivity contribution in [3.05, 3.63) is 24.3 Å². The molecule has 1 fully saturated rings. The van der Waals surface area contributed by atoms with Crippen LogP contribution in [0.15, 0.2) is 24.3 Å². The van der Waals surface area contributed by atoms with Crippen molar-refractivity contribution in [2.45, 2.75) is 76.6 Å². The van der Waals surface area contributed by atoms with Crippen molar-refractivity contribution in [2.24, 2.45) is 11.8 Å². The van der Waals surface area contributed by atoms with Gasteiger partial charge in [-0.2, -0.15) is 0 Å². The van der Waals surface area contributed by atoms with Gasteiger partial charge in [0.15, 0.2) is 0 Å². The second kappa shape index (κ2) is 14.5. The van der Waals surface area contributed by atoms with Crippen molar-refractivity contribution in [3.63, 3.8) is 0 Å². The monoisotopic (exact) mass is 390 g/mol. The molecule has 27 heavy (non-hydrogen) atoms. The molecule has 1 saturated carbocycles. The maximum Gasteiger partial charge on any atom is 1.00 e. The second-order valence-corrected chi connectivity index (χ2v) is 6.97. The Hall–Kier alpha value is -0.500. The molecule has 1 aliphatic rings. The average molecular weight is 390 g/mol. The van der Waals surface area contributed by atoms with E-state index in [2.05, 4.69) is 0 Å². The quantitative estimate of drug-likeness (QED) is 0.199. The molecule has 0 unspecified atom stereocenters. The number of unbranched alkanes of at least 4 members (excludes halogenated alkanes) is 1. The van der Waals surface area contributed by atoms with Crippen LogP contribution in [-0.2, 0) is 9.59 Å². The Kier molecular flexibility index (Phi) is 14.2. The zero-order chi connectivity index (χ0) is 19.5. The van der Waals surface area contributed by atoms with E-state index >= 15 is 0 Å². The standard InChI is InChI=1S/C20H32O6.Na/c1-2-14(21)9-10-15(22)11-12-17-16(18(23)13-19(17)24)7-5-3-4-6-8-20(25)26;/h3,5,11-12,15-19,22-24H,2,4,6-10,13H2,1H3,(H,25,26);/q;+1/p-1/b5-3-,12-11+;/t15-,16+,17+,18-,19+;/m0./s1. The first-order chi connectivity index (χ1) is 12.3. The number of aliphatic hydroxyl groups excluding tert-OH is 3. The van der Waals surface area contributed by atoms with Gasteiger partial charge in [-0.1, -0.05) is 31.2 Å². The second-order valence-electron chi connectivity index (χ2n) is 6.97. The fourth-order valence-electron chi connectivity index (χ4n) is 3.28. The van der Waals surface area contributed by atoms with Gasteiger partial charge in [-0.25, -0.2) is 0 Å². The summed E-state index contributed by atoms with van der Waals surface area (Å²) in [6, 6.07) is 0. The molecular formula is C20H31NaO6. The average Bonchev–Trinajstić information content (AvgIpc) is 2.86. The Labute approximate surface area is 183 Å². The van der Waals surface area contributed by atoms with Gasteiger partial charge in [0.2, 0.25) is 0 Å². The first-order valence-electron chi connectivity index (χ1n) is 9.44. The van der Waals surface area contributed by atoms with Crippen LogP contribution < -0.4 is 34.7 Å². The van der Waals surface area contributed by atoms with E-state index in [1.165, 1.54) is 0 Å². The predicted octanol–water partition coefficient (Wildman–Crippen LogP) is -2.11. The van der Waals surface area contributed by atoms with Gasteiger partial charge < -0.3 is 25.2 Å². The summed E-state index contributed by atoms with van der Waals surface area (Å²) in [7, 11) is 0. The summed E-state index contributed by atoms with van der Waals surface area (Å²) < 4.78 is 0. The van der Waals surface area contributed by atoms with E-state index in [-0.39, 0.29) is 53.6 Å². The molecule has 1 rings (SSSR count). The summed E-state index contributed by atoms with van der Waals surface area (Å²) >= 11 is 0. The van der Waals surface area contributed by atoms with E-state index in [4.69, 9.17) is 0 Å². The van der Waals surface area contributed by atoms with Crippen LogP contribution in [0.2, 0.25) is 0 Å². The predicted molar refractivity (Wildman–Crippen MR) is 95.9 cm³/mol. The first kappa shape index (κ1) is 26.5. The topological polar surface area (TPSA) is 118 Å². The van der Waals surface area contributed by atoms with Gasteiger partial charge in [0.25, 0.3) is 0 Å². The number of hydrogen-bond acceptors (Lipinski definition) is 6. The normalized spacial score (nSPS) is 26.4. The molecule has 0 aromatic carbocycles. The minimum atomic E-state index is -1.06. The maximum absolute atomic E-state index is 11.3. The number of carbonyl (C=O) groups excluding carboxylic acids is 2. The molecule has 7 heteroatoms. The number of Topliss-reactive ketones (excluding diaryl/α,β-unsaturated/α-hetero) is 1. The van der Waals surface area contributed by atoms with Crippen LogP contribution in [0.4, 0.5) is 0 Å². The zero-order valence-electron chi connectivity index (χ0n) is 16.4. The number of aliphatic carboxylic acids is 1. The van der Waals surface area contributed by atoms with Crippen molar-refractivity contribution in [1.29, 1.82) is 0 Å². The molecule has 5 atom stereocenters. The third kappa shape index (κ3) is 10.6. The molecule has 148 valence electrons. The molecule has 0 aromatic rings. The molecule has 0 aromatic heterocycles. The first-order valence-corrected chi connectivity index (χ1v) is 9.44. The summed E-state index contributed by atoms with van der Waals surface area (Å²) in [5, 5.41) is 40.6. The molecule has 0 saturated heterocycles. The summed E-state index contributed by atoms with van der Waals surface area (Å²) in [5.74, 6) is -1.36. The number of carbonyl (C=O) groups is 2. The van der Waals surface area contributed by atoms with Gasteiger partial charge in [-0.15, -0.1) is 0 Å². The summed E-state index contributed by atoms with van der Waals surface area (Å²) in [5.41, 5.74) is 0. The van der Waals surface area contributed by atoms with Crippen molar-refractivity contribution in [3.8, 4) is 0 Å². The van der Waals surface area contributed by atoms with Crippen molar-refractivity contribution >= 4 is 11.8 Å². The van der Waals surface area contributed by atoms with E-state index < -0.39 is 24.3 Å². The van der Waals surface area contributed by atoms with E-state index in [1.54, 1.807) is 19.1 Å². The number of ketones is 1. The van der Waals surface area contributed by atoms with E-state index in [9.17, 15) is 30.0 Å². The Morgan fingerprint density at radius 3 is 2.52 bits per heavy atom. The summed E-state index contributed by atoms with van der Waals surface area (Å²) in [4.78, 5) is 21.7. The number of carboxylic acids is 1. The van der Waals surface area contributed by atoms with Gasteiger partial charge in [0, 0.05) is 31.1 Å². The molecule has 0 bridgehead atoms. The van der Waals surface area contributed by atoms with Crippen LogP contribution in [0, 0.1) is 11.8 Å². The van der Waals surface area contributed by atoms with Gasteiger partial charge >= 0.3 is 29.6 Å². The van der Waals surface area contributed by atoms with Gasteiger partial charge in [-0.3, -0.25) is 4.79 Å². The Balaban J connectivity index is 0.00000676. The number of aliphatic hydroxyl groups is 3. The molecule has 3 N–H and O–H groups in total. The fraction of sp³-hybridized carbons (Fsp3) is 0.700. The SMILES string of the molecule is CCC(=O)CC[C@H](O)/C=C/[C@@H]1[C@@H](C/C=C\CCCC(=O)[O-])[C@@H](O)C[C@H]1O.[Na+]. The van der Waals surface area contributed by atoms with E-state index in [0.717, 1.165) is 0 Å². The minimum absolute atomic E-state index is 0. The van der Waals surface area contributed by atoms with Crippen LogP contribution >= 0.6 is 0 Å². The van der Waals surface area contributed by atoms with Crippen LogP contribution in [0.1, 0.15) is 58.3 Å². The van der Waals surface area contributed by atoms with Gasteiger partial charge in [-0.05, 0) is 38.0 Å². The van der Waals surface area contributed by atoms with Crippen LogP contribution in [0.5, 0.6) is 0 Å². The summed E-state index contributed by atoms with van der Waals surface area (Å²) in [6.07, 6.45) is 8.29. The Morgan fingerprint density at radius 1 is 1.19 bits per heavy atom. The number of allylic oxidation sites excluding steroid dienone is 2. The van der Waals surface area contributed by atoms with Crippen LogP contribution in [0.3, 0.4) is 0 Å². The molecule has 0 spiro atoms. The number of carboxylic acid groups (broad SMARTS) is 1. The third-order valence-corrected chi connectivity index (χ3v) is 4.91. The van der Waals surface area contributed by atoms with Gasteiger partial charge in [0.1, 0.15) is 5.78 Å². The third-order valence-electron chi connectivity index (χ3n) is 4.91. The fourth-order valence-corrected chi connectivity index (χ4v) is 3.28.